The molecule has 1 aliphatic rings. The molecule has 1 aliphatic heterocycles. The van der Waals surface area contributed by atoms with Crippen molar-refractivity contribution in [1.29, 1.82) is 0 Å². The highest BCUT2D eigenvalue weighted by Crippen LogP contribution is 2.23. The van der Waals surface area contributed by atoms with Crippen LogP contribution in [0, 0.1) is 11.7 Å². The van der Waals surface area contributed by atoms with Gasteiger partial charge in [-0.25, -0.2) is 4.39 Å². The highest BCUT2D eigenvalue weighted by atomic mass is 19.1. The standard InChI is InChI=1S/C14H18FNO3/c1-10-6-7-16(13(10)8-17)14(18)9-19-12-4-2-11(15)3-5-12/h2-5,10,13,17H,6-9H2,1H3. The van der Waals surface area contributed by atoms with Gasteiger partial charge in [0.25, 0.3) is 5.91 Å². The Hall–Kier alpha value is -1.62. The number of aliphatic hydroxyl groups excluding tert-OH is 1. The van der Waals surface area contributed by atoms with Crippen molar-refractivity contribution < 1.29 is 19.0 Å². The van der Waals surface area contributed by atoms with Crippen molar-refractivity contribution in [1.82, 2.24) is 4.90 Å². The molecule has 0 aromatic heterocycles. The van der Waals surface area contributed by atoms with Crippen LogP contribution in [0.4, 0.5) is 4.39 Å². The zero-order valence-electron chi connectivity index (χ0n) is 10.9. The molecule has 0 spiro atoms. The summed E-state index contributed by atoms with van der Waals surface area (Å²) in [7, 11) is 0. The molecule has 5 heteroatoms. The number of aliphatic hydroxyl groups is 1. The lowest BCUT2D eigenvalue weighted by molar-refractivity contribution is -0.135. The predicted molar refractivity (Wildman–Crippen MR) is 68.3 cm³/mol. The Morgan fingerprint density at radius 2 is 2.16 bits per heavy atom. The summed E-state index contributed by atoms with van der Waals surface area (Å²) in [6, 6.07) is 5.42. The van der Waals surface area contributed by atoms with E-state index in [1.165, 1.54) is 24.3 Å². The molecule has 0 radical (unpaired) electrons. The van der Waals surface area contributed by atoms with Gasteiger partial charge in [-0.05, 0) is 36.6 Å². The number of amides is 1. The fourth-order valence-electron chi connectivity index (χ4n) is 2.36. The second kappa shape index (κ2) is 6.02. The molecule has 4 nitrogen and oxygen atoms in total. The van der Waals surface area contributed by atoms with E-state index >= 15 is 0 Å². The minimum Gasteiger partial charge on any atom is -0.484 e. The first-order valence-electron chi connectivity index (χ1n) is 6.40. The van der Waals surface area contributed by atoms with E-state index in [0.29, 0.717) is 18.2 Å². The maximum Gasteiger partial charge on any atom is 0.260 e. The number of hydrogen-bond acceptors (Lipinski definition) is 3. The second-order valence-electron chi connectivity index (χ2n) is 4.85. The summed E-state index contributed by atoms with van der Waals surface area (Å²) in [5.74, 6) is 0.280. The fraction of sp³-hybridized carbons (Fsp3) is 0.500. The van der Waals surface area contributed by atoms with Gasteiger partial charge >= 0.3 is 0 Å². The van der Waals surface area contributed by atoms with Crippen LogP contribution in [-0.2, 0) is 4.79 Å². The summed E-state index contributed by atoms with van der Waals surface area (Å²) in [6.45, 7) is 2.56. The molecule has 0 saturated carbocycles. The van der Waals surface area contributed by atoms with E-state index in [2.05, 4.69) is 0 Å². The quantitative estimate of drug-likeness (QED) is 0.898. The lowest BCUT2D eigenvalue weighted by Gasteiger charge is -2.25. The predicted octanol–water partition coefficient (Wildman–Crippen LogP) is 1.43. The molecule has 1 aromatic rings. The summed E-state index contributed by atoms with van der Waals surface area (Å²) in [5, 5.41) is 9.30. The van der Waals surface area contributed by atoms with Gasteiger partial charge < -0.3 is 14.7 Å². The fourth-order valence-corrected chi connectivity index (χ4v) is 2.36. The minimum atomic E-state index is -0.340. The van der Waals surface area contributed by atoms with E-state index in [0.717, 1.165) is 6.42 Å². The molecule has 2 unspecified atom stereocenters. The van der Waals surface area contributed by atoms with Crippen molar-refractivity contribution in [2.45, 2.75) is 19.4 Å². The molecule has 1 saturated heterocycles. The average Bonchev–Trinajstić information content (AvgIpc) is 2.79. The molecule has 1 N–H and O–H groups in total. The van der Waals surface area contributed by atoms with Gasteiger partial charge in [0.2, 0.25) is 0 Å². The van der Waals surface area contributed by atoms with Gasteiger partial charge in [-0.2, -0.15) is 0 Å². The third kappa shape index (κ3) is 3.23. The number of ether oxygens (including phenoxy) is 1. The van der Waals surface area contributed by atoms with Gasteiger partial charge in [0.05, 0.1) is 12.6 Å². The lowest BCUT2D eigenvalue weighted by atomic mass is 10.0. The van der Waals surface area contributed by atoms with E-state index in [9.17, 15) is 14.3 Å². The summed E-state index contributed by atoms with van der Waals surface area (Å²) in [5.41, 5.74) is 0. The number of nitrogens with zero attached hydrogens (tertiary/aromatic N) is 1. The number of rotatable bonds is 4. The minimum absolute atomic E-state index is 0.0244. The largest absolute Gasteiger partial charge is 0.484 e. The number of carbonyl (C=O) groups excluding carboxylic acids is 1. The molecule has 0 aliphatic carbocycles. The third-order valence-corrected chi connectivity index (χ3v) is 3.57. The Morgan fingerprint density at radius 3 is 2.79 bits per heavy atom. The number of hydrogen-bond donors (Lipinski definition) is 1. The van der Waals surface area contributed by atoms with E-state index in [1.807, 2.05) is 6.92 Å². The van der Waals surface area contributed by atoms with Crippen LogP contribution in [0.2, 0.25) is 0 Å². The maximum absolute atomic E-state index is 12.7. The molecule has 1 amide bonds. The van der Waals surface area contributed by atoms with Crippen molar-refractivity contribution in [3.05, 3.63) is 30.1 Å². The third-order valence-electron chi connectivity index (χ3n) is 3.57. The summed E-state index contributed by atoms with van der Waals surface area (Å²) in [6.07, 6.45) is 0.896. The van der Waals surface area contributed by atoms with Gasteiger partial charge in [0.1, 0.15) is 11.6 Å². The molecule has 104 valence electrons. The van der Waals surface area contributed by atoms with E-state index in [1.54, 1.807) is 4.90 Å². The number of halogens is 1. The summed E-state index contributed by atoms with van der Waals surface area (Å²) in [4.78, 5) is 13.7. The first-order valence-corrected chi connectivity index (χ1v) is 6.40. The number of benzene rings is 1. The highest BCUT2D eigenvalue weighted by Gasteiger charge is 2.33. The molecule has 0 bridgehead atoms. The first kappa shape index (κ1) is 13.8. The van der Waals surface area contributed by atoms with Gasteiger partial charge in [-0.15, -0.1) is 0 Å². The Bertz CT molecular complexity index is 435. The molecule has 1 aromatic carbocycles. The lowest BCUT2D eigenvalue weighted by Crippen LogP contribution is -2.42. The van der Waals surface area contributed by atoms with Crippen LogP contribution in [0.25, 0.3) is 0 Å². The van der Waals surface area contributed by atoms with E-state index < -0.39 is 0 Å². The summed E-state index contributed by atoms with van der Waals surface area (Å²) >= 11 is 0. The first-order chi connectivity index (χ1) is 9.11. The molecule has 19 heavy (non-hydrogen) atoms. The van der Waals surface area contributed by atoms with Gasteiger partial charge in [0.15, 0.2) is 6.61 Å². The monoisotopic (exact) mass is 267 g/mol. The van der Waals surface area contributed by atoms with Crippen LogP contribution < -0.4 is 4.74 Å². The topological polar surface area (TPSA) is 49.8 Å². The maximum atomic E-state index is 12.7. The van der Waals surface area contributed by atoms with Crippen LogP contribution in [-0.4, -0.2) is 41.7 Å². The van der Waals surface area contributed by atoms with Crippen molar-refractivity contribution in [3.8, 4) is 5.75 Å². The Balaban J connectivity index is 1.89. The molecule has 2 atom stereocenters. The SMILES string of the molecule is CC1CCN(C(=O)COc2ccc(F)cc2)C1CO. The van der Waals surface area contributed by atoms with Crippen molar-refractivity contribution in [2.75, 3.05) is 19.8 Å². The Labute approximate surface area is 111 Å². The second-order valence-corrected chi connectivity index (χ2v) is 4.85. The molecule has 2 rings (SSSR count). The number of likely N-dealkylation sites (tertiary alicyclic amines) is 1. The van der Waals surface area contributed by atoms with Crippen LogP contribution >= 0.6 is 0 Å². The van der Waals surface area contributed by atoms with Crippen molar-refractivity contribution in [3.63, 3.8) is 0 Å². The zero-order chi connectivity index (χ0) is 13.8. The van der Waals surface area contributed by atoms with Crippen LogP contribution in [0.3, 0.4) is 0 Å². The van der Waals surface area contributed by atoms with E-state index in [4.69, 9.17) is 4.74 Å². The van der Waals surface area contributed by atoms with Gasteiger partial charge in [-0.3, -0.25) is 4.79 Å². The van der Waals surface area contributed by atoms with Crippen molar-refractivity contribution >= 4 is 5.91 Å². The Kier molecular flexibility index (Phi) is 4.37. The van der Waals surface area contributed by atoms with Crippen LogP contribution in [0.5, 0.6) is 5.75 Å². The average molecular weight is 267 g/mol. The number of carbonyl (C=O) groups is 1. The normalized spacial score (nSPS) is 22.6. The van der Waals surface area contributed by atoms with Gasteiger partial charge in [-0.1, -0.05) is 6.92 Å². The molecule has 1 fully saturated rings. The van der Waals surface area contributed by atoms with Crippen molar-refractivity contribution in [2.24, 2.45) is 5.92 Å². The van der Waals surface area contributed by atoms with Crippen LogP contribution in [0.1, 0.15) is 13.3 Å². The molecule has 1 heterocycles. The molecular formula is C14H18FNO3. The smallest absolute Gasteiger partial charge is 0.260 e. The Morgan fingerprint density at radius 1 is 1.47 bits per heavy atom. The van der Waals surface area contributed by atoms with E-state index in [-0.39, 0.29) is 31.0 Å². The van der Waals surface area contributed by atoms with Gasteiger partial charge in [0, 0.05) is 6.54 Å². The molecular weight excluding hydrogens is 249 g/mol. The van der Waals surface area contributed by atoms with Crippen LogP contribution in [0.15, 0.2) is 24.3 Å². The highest BCUT2D eigenvalue weighted by molar-refractivity contribution is 5.78. The zero-order valence-corrected chi connectivity index (χ0v) is 10.9. The summed E-state index contributed by atoms with van der Waals surface area (Å²) < 4.78 is 18.0.